The highest BCUT2D eigenvalue weighted by Crippen LogP contribution is 2.36. The number of hydrogen-bond donors (Lipinski definition) is 0. The van der Waals surface area contributed by atoms with Gasteiger partial charge in [-0.25, -0.2) is 8.42 Å². The normalized spacial score (nSPS) is 14.7. The van der Waals surface area contributed by atoms with E-state index in [2.05, 4.69) is 4.98 Å². The van der Waals surface area contributed by atoms with E-state index >= 15 is 0 Å². The number of rotatable bonds is 6. The summed E-state index contributed by atoms with van der Waals surface area (Å²) in [5.41, 5.74) is 1.76. The molecule has 0 spiro atoms. The fraction of sp³-hybridized carbons (Fsp3) is 0.348. The molecule has 0 amide bonds. The van der Waals surface area contributed by atoms with Crippen molar-refractivity contribution in [2.45, 2.75) is 42.5 Å². The standard InChI is InChI=1S/C23H26N2O4S/c1-3-17-10-12-20(13-11-17)30(26,27)22-23(25-14-5-4-6-15-25)29-21(24-22)18-8-7-9-19(16-18)28-2/h7-13,16H,3-6,14-15H2,1-2H3. The quantitative estimate of drug-likeness (QED) is 0.567. The molecular formula is C23H26N2O4S. The predicted molar refractivity (Wildman–Crippen MR) is 116 cm³/mol. The molecule has 6 nitrogen and oxygen atoms in total. The van der Waals surface area contributed by atoms with Gasteiger partial charge in [0.25, 0.3) is 0 Å². The van der Waals surface area contributed by atoms with Gasteiger partial charge in [0.2, 0.25) is 26.6 Å². The third-order valence-corrected chi connectivity index (χ3v) is 7.10. The topological polar surface area (TPSA) is 72.6 Å². The number of nitrogens with zero attached hydrogens (tertiary/aromatic N) is 2. The van der Waals surface area contributed by atoms with Crippen molar-refractivity contribution in [2.24, 2.45) is 0 Å². The summed E-state index contributed by atoms with van der Waals surface area (Å²) in [5, 5.41) is -0.0218. The number of methoxy groups -OCH3 is 1. The minimum atomic E-state index is -3.82. The number of aryl methyl sites for hydroxylation is 1. The Morgan fingerprint density at radius 1 is 1.07 bits per heavy atom. The second kappa shape index (κ2) is 8.52. The van der Waals surface area contributed by atoms with Crippen LogP contribution in [0.4, 0.5) is 5.88 Å². The molecule has 1 aliphatic heterocycles. The van der Waals surface area contributed by atoms with Crippen molar-refractivity contribution in [1.82, 2.24) is 4.98 Å². The highest BCUT2D eigenvalue weighted by atomic mass is 32.2. The zero-order valence-electron chi connectivity index (χ0n) is 17.3. The number of oxazole rings is 1. The van der Waals surface area contributed by atoms with Gasteiger partial charge in [-0.3, -0.25) is 0 Å². The maximum atomic E-state index is 13.5. The van der Waals surface area contributed by atoms with Crippen molar-refractivity contribution in [2.75, 3.05) is 25.1 Å². The van der Waals surface area contributed by atoms with Crippen molar-refractivity contribution in [3.05, 3.63) is 54.1 Å². The molecule has 2 heterocycles. The Balaban J connectivity index is 1.82. The fourth-order valence-corrected chi connectivity index (χ4v) is 4.99. The lowest BCUT2D eigenvalue weighted by Gasteiger charge is -2.26. The first-order valence-electron chi connectivity index (χ1n) is 10.3. The summed E-state index contributed by atoms with van der Waals surface area (Å²) in [7, 11) is -2.24. The summed E-state index contributed by atoms with van der Waals surface area (Å²) < 4.78 is 38.3. The van der Waals surface area contributed by atoms with Gasteiger partial charge in [0.15, 0.2) is 0 Å². The van der Waals surface area contributed by atoms with Gasteiger partial charge >= 0.3 is 0 Å². The molecule has 1 aromatic heterocycles. The highest BCUT2D eigenvalue weighted by Gasteiger charge is 2.32. The summed E-state index contributed by atoms with van der Waals surface area (Å²) in [6.45, 7) is 3.55. The van der Waals surface area contributed by atoms with E-state index in [-0.39, 0.29) is 15.8 Å². The molecule has 30 heavy (non-hydrogen) atoms. The minimum Gasteiger partial charge on any atom is -0.497 e. The molecule has 0 atom stereocenters. The van der Waals surface area contributed by atoms with Crippen molar-refractivity contribution in [3.8, 4) is 17.2 Å². The van der Waals surface area contributed by atoms with Gasteiger partial charge in [-0.1, -0.05) is 25.1 Å². The predicted octanol–water partition coefficient (Wildman–Crippen LogP) is 4.74. The average Bonchev–Trinajstić information content (AvgIpc) is 3.26. The monoisotopic (exact) mass is 426 g/mol. The number of sulfone groups is 1. The van der Waals surface area contributed by atoms with Crippen LogP contribution in [0.2, 0.25) is 0 Å². The van der Waals surface area contributed by atoms with Crippen LogP contribution in [-0.4, -0.2) is 33.6 Å². The summed E-state index contributed by atoms with van der Waals surface area (Å²) in [6.07, 6.45) is 3.98. The van der Waals surface area contributed by atoms with E-state index in [0.29, 0.717) is 17.2 Å². The Labute approximate surface area is 177 Å². The van der Waals surface area contributed by atoms with Gasteiger partial charge in [-0.15, -0.1) is 0 Å². The van der Waals surface area contributed by atoms with Crippen LogP contribution in [0.1, 0.15) is 31.7 Å². The number of benzene rings is 2. The number of anilines is 1. The zero-order valence-corrected chi connectivity index (χ0v) is 18.1. The SMILES string of the molecule is CCc1ccc(S(=O)(=O)c2nc(-c3cccc(OC)c3)oc2N2CCCCC2)cc1. The lowest BCUT2D eigenvalue weighted by Crippen LogP contribution is -2.30. The molecule has 3 aromatic rings. The number of aromatic nitrogens is 1. The van der Waals surface area contributed by atoms with Crippen LogP contribution in [0.25, 0.3) is 11.5 Å². The number of ether oxygens (including phenoxy) is 1. The van der Waals surface area contributed by atoms with E-state index in [1.165, 1.54) is 0 Å². The molecule has 1 aliphatic rings. The van der Waals surface area contributed by atoms with E-state index in [4.69, 9.17) is 9.15 Å². The van der Waals surface area contributed by atoms with Crippen LogP contribution in [-0.2, 0) is 16.3 Å². The largest absolute Gasteiger partial charge is 0.497 e. The Morgan fingerprint density at radius 2 is 1.80 bits per heavy atom. The molecule has 0 N–H and O–H groups in total. The van der Waals surface area contributed by atoms with E-state index in [0.717, 1.165) is 44.3 Å². The Bertz CT molecular complexity index is 1110. The van der Waals surface area contributed by atoms with E-state index in [1.807, 2.05) is 42.2 Å². The Kier molecular flexibility index (Phi) is 5.81. The van der Waals surface area contributed by atoms with Gasteiger partial charge in [0.1, 0.15) is 5.75 Å². The van der Waals surface area contributed by atoms with Gasteiger partial charge in [0.05, 0.1) is 12.0 Å². The smallest absolute Gasteiger partial charge is 0.236 e. The Morgan fingerprint density at radius 3 is 2.47 bits per heavy atom. The molecule has 2 aromatic carbocycles. The molecule has 158 valence electrons. The van der Waals surface area contributed by atoms with Crippen LogP contribution >= 0.6 is 0 Å². The van der Waals surface area contributed by atoms with Crippen molar-refractivity contribution in [1.29, 1.82) is 0 Å². The maximum Gasteiger partial charge on any atom is 0.236 e. The van der Waals surface area contributed by atoms with E-state index < -0.39 is 9.84 Å². The third-order valence-electron chi connectivity index (χ3n) is 5.44. The minimum absolute atomic E-state index is 0.0218. The Hall–Kier alpha value is -2.80. The van der Waals surface area contributed by atoms with Crippen LogP contribution in [0.5, 0.6) is 5.75 Å². The third kappa shape index (κ3) is 3.94. The van der Waals surface area contributed by atoms with Crippen molar-refractivity contribution >= 4 is 15.7 Å². The molecule has 1 saturated heterocycles. The summed E-state index contributed by atoms with van der Waals surface area (Å²) in [6, 6.07) is 14.3. The number of hydrogen-bond acceptors (Lipinski definition) is 6. The van der Waals surface area contributed by atoms with Crippen LogP contribution < -0.4 is 9.64 Å². The lowest BCUT2D eigenvalue weighted by atomic mass is 10.1. The molecule has 0 unspecified atom stereocenters. The first-order chi connectivity index (χ1) is 14.5. The molecule has 0 aliphatic carbocycles. The summed E-state index contributed by atoms with van der Waals surface area (Å²) in [4.78, 5) is 6.69. The van der Waals surface area contributed by atoms with Crippen molar-refractivity contribution in [3.63, 3.8) is 0 Å². The lowest BCUT2D eigenvalue weighted by molar-refractivity contribution is 0.414. The molecule has 4 rings (SSSR count). The van der Waals surface area contributed by atoms with Crippen LogP contribution in [0.15, 0.2) is 62.9 Å². The fourth-order valence-electron chi connectivity index (χ4n) is 3.67. The van der Waals surface area contributed by atoms with Gasteiger partial charge in [-0.2, -0.15) is 4.98 Å². The van der Waals surface area contributed by atoms with Gasteiger partial charge < -0.3 is 14.1 Å². The van der Waals surface area contributed by atoms with E-state index in [1.54, 1.807) is 25.3 Å². The molecular weight excluding hydrogens is 400 g/mol. The molecule has 0 radical (unpaired) electrons. The summed E-state index contributed by atoms with van der Waals surface area (Å²) in [5.74, 6) is 1.26. The van der Waals surface area contributed by atoms with Crippen LogP contribution in [0.3, 0.4) is 0 Å². The number of piperidine rings is 1. The first kappa shape index (κ1) is 20.5. The molecule has 0 saturated carbocycles. The maximum absolute atomic E-state index is 13.5. The summed E-state index contributed by atoms with van der Waals surface area (Å²) >= 11 is 0. The average molecular weight is 427 g/mol. The first-order valence-corrected chi connectivity index (χ1v) is 11.8. The van der Waals surface area contributed by atoms with Gasteiger partial charge in [-0.05, 0) is 61.6 Å². The zero-order chi connectivity index (χ0) is 21.1. The second-order valence-electron chi connectivity index (χ2n) is 7.41. The molecule has 0 bridgehead atoms. The van der Waals surface area contributed by atoms with E-state index in [9.17, 15) is 8.42 Å². The molecule has 1 fully saturated rings. The second-order valence-corrected chi connectivity index (χ2v) is 9.27. The molecule has 7 heteroatoms. The van der Waals surface area contributed by atoms with Crippen LogP contribution in [0, 0.1) is 0 Å². The van der Waals surface area contributed by atoms with Gasteiger partial charge in [0, 0.05) is 18.7 Å². The van der Waals surface area contributed by atoms with Crippen molar-refractivity contribution < 1.29 is 17.6 Å². The highest BCUT2D eigenvalue weighted by molar-refractivity contribution is 7.91.